The topological polar surface area (TPSA) is 44.1 Å². The van der Waals surface area contributed by atoms with Crippen LogP contribution >= 0.6 is 34.8 Å². The van der Waals surface area contributed by atoms with Crippen LogP contribution < -0.4 is 0 Å². The molecule has 0 spiro atoms. The zero-order valence-electron chi connectivity index (χ0n) is 12.1. The number of imidazole rings is 1. The highest BCUT2D eigenvalue weighted by Gasteiger charge is 2.24. The number of carbonyl (C=O) groups excluding carboxylic acids is 1. The molecule has 0 aliphatic carbocycles. The molecule has 126 valence electrons. The molecule has 2 rings (SSSR count). The third kappa shape index (κ3) is 3.48. The minimum Gasteiger partial charge on any atom is -0.449 e. The lowest BCUT2D eigenvalue weighted by atomic mass is 10.1. The third-order valence-electron chi connectivity index (χ3n) is 3.04. The van der Waals surface area contributed by atoms with E-state index < -0.39 is 12.5 Å². The fourth-order valence-corrected chi connectivity index (χ4v) is 2.88. The molecule has 0 saturated heterocycles. The lowest BCUT2D eigenvalue weighted by Crippen LogP contribution is -2.06. The Labute approximate surface area is 151 Å². The van der Waals surface area contributed by atoms with Crippen molar-refractivity contribution >= 4 is 40.8 Å². The smallest absolute Gasteiger partial charge is 0.340 e. The summed E-state index contributed by atoms with van der Waals surface area (Å²) in [4.78, 5) is 16.0. The normalized spacial score (nSPS) is 10.8. The first-order valence-electron chi connectivity index (χ1n) is 6.40. The fourth-order valence-electron chi connectivity index (χ4n) is 1.99. The number of rotatable bonds is 4. The van der Waals surface area contributed by atoms with Crippen LogP contribution in [0.15, 0.2) is 12.1 Å². The van der Waals surface area contributed by atoms with Gasteiger partial charge in [-0.05, 0) is 19.1 Å². The number of ether oxygens (including phenoxy) is 1. The van der Waals surface area contributed by atoms with Crippen LogP contribution in [-0.2, 0) is 4.74 Å². The second kappa shape index (κ2) is 7.39. The van der Waals surface area contributed by atoms with Gasteiger partial charge in [0, 0.05) is 5.56 Å². The summed E-state index contributed by atoms with van der Waals surface area (Å²) in [5.41, 5.74) is 0.134. The van der Waals surface area contributed by atoms with Crippen LogP contribution in [0.3, 0.4) is 0 Å². The molecule has 2 aromatic rings. The lowest BCUT2D eigenvalue weighted by molar-refractivity contribution is 0.0556. The summed E-state index contributed by atoms with van der Waals surface area (Å²) in [5, 5.41) is -0.198. The van der Waals surface area contributed by atoms with Crippen LogP contribution in [0.25, 0.3) is 11.3 Å². The molecule has 1 aromatic heterocycles. The predicted octanol–water partition coefficient (Wildman–Crippen LogP) is 5.00. The van der Waals surface area contributed by atoms with Crippen molar-refractivity contribution in [2.45, 2.75) is 13.5 Å². The second-order valence-corrected chi connectivity index (χ2v) is 5.71. The molecule has 0 aliphatic heterocycles. The Hall–Kier alpha value is -1.81. The van der Waals surface area contributed by atoms with Gasteiger partial charge in [-0.3, -0.25) is 4.57 Å². The number of hydrogen-bond donors (Lipinski definition) is 0. The Morgan fingerprint density at radius 2 is 2.04 bits per heavy atom. The number of aryl methyl sites for hydroxylation is 1. The molecule has 1 heterocycles. The highest BCUT2D eigenvalue weighted by Crippen LogP contribution is 2.38. The number of hydrogen-bond acceptors (Lipinski definition) is 3. The number of terminal acetylenes is 1. The highest BCUT2D eigenvalue weighted by atomic mass is 35.5. The van der Waals surface area contributed by atoms with Gasteiger partial charge in [0.1, 0.15) is 16.7 Å². The van der Waals surface area contributed by atoms with E-state index in [4.69, 9.17) is 46.0 Å². The zero-order chi connectivity index (χ0) is 18.0. The number of carbonyl (C=O) groups is 1. The summed E-state index contributed by atoms with van der Waals surface area (Å²) in [7, 11) is 0. The fraction of sp³-hybridized carbons (Fsp3) is 0.200. The summed E-state index contributed by atoms with van der Waals surface area (Å²) in [6.07, 6.45) is 5.02. The van der Waals surface area contributed by atoms with Gasteiger partial charge in [0.2, 0.25) is 0 Å². The van der Waals surface area contributed by atoms with E-state index in [-0.39, 0.29) is 44.5 Å². The van der Waals surface area contributed by atoms with Gasteiger partial charge in [-0.15, -0.1) is 6.42 Å². The molecule has 0 saturated carbocycles. The maximum Gasteiger partial charge on any atom is 0.340 e. The number of aromatic nitrogens is 2. The lowest BCUT2D eigenvalue weighted by Gasteiger charge is -2.09. The number of nitrogens with zero attached hydrogens (tertiary/aromatic N) is 2. The Morgan fingerprint density at radius 3 is 2.58 bits per heavy atom. The molecule has 0 unspecified atom stereocenters. The van der Waals surface area contributed by atoms with E-state index in [1.54, 1.807) is 0 Å². The minimum absolute atomic E-state index is 0.00198. The van der Waals surface area contributed by atoms with Gasteiger partial charge in [0.25, 0.3) is 0 Å². The maximum absolute atomic E-state index is 13.0. The zero-order valence-corrected chi connectivity index (χ0v) is 14.4. The number of benzene rings is 1. The first-order valence-corrected chi connectivity index (χ1v) is 7.53. The molecule has 9 heteroatoms. The molecule has 0 fully saturated rings. The van der Waals surface area contributed by atoms with Gasteiger partial charge in [0.15, 0.2) is 6.61 Å². The average molecular weight is 394 g/mol. The van der Waals surface area contributed by atoms with Crippen molar-refractivity contribution in [1.82, 2.24) is 9.55 Å². The quantitative estimate of drug-likeness (QED) is 0.542. The summed E-state index contributed by atoms with van der Waals surface area (Å²) >= 11 is 18.0. The van der Waals surface area contributed by atoms with Crippen molar-refractivity contribution in [3.05, 3.63) is 38.7 Å². The van der Waals surface area contributed by atoms with Crippen LogP contribution in [0.5, 0.6) is 0 Å². The van der Waals surface area contributed by atoms with Crippen LogP contribution in [0, 0.1) is 19.3 Å². The Kier molecular flexibility index (Phi) is 5.70. The molecule has 0 amide bonds. The molecule has 0 radical (unpaired) electrons. The average Bonchev–Trinajstić information content (AvgIpc) is 2.79. The van der Waals surface area contributed by atoms with Crippen LogP contribution in [-0.4, -0.2) is 22.1 Å². The van der Waals surface area contributed by atoms with E-state index >= 15 is 0 Å². The SMILES string of the molecule is C#CCOC(=O)c1cc(-c2nc(C)n(C(F)F)c2Cl)c(Cl)cc1Cl. The molecule has 4 nitrogen and oxygen atoms in total. The molecular weight excluding hydrogens is 385 g/mol. The van der Waals surface area contributed by atoms with Crippen molar-refractivity contribution in [3.8, 4) is 23.6 Å². The largest absolute Gasteiger partial charge is 0.449 e. The van der Waals surface area contributed by atoms with Crippen LogP contribution in [0.1, 0.15) is 22.7 Å². The van der Waals surface area contributed by atoms with Gasteiger partial charge >= 0.3 is 12.5 Å². The highest BCUT2D eigenvalue weighted by molar-refractivity contribution is 6.39. The molecule has 0 atom stereocenters. The molecule has 0 aliphatic rings. The first-order chi connectivity index (χ1) is 11.3. The van der Waals surface area contributed by atoms with Gasteiger partial charge < -0.3 is 4.74 Å². The number of esters is 1. The molecule has 0 bridgehead atoms. The van der Waals surface area contributed by atoms with E-state index in [2.05, 4.69) is 10.9 Å². The Morgan fingerprint density at radius 1 is 1.38 bits per heavy atom. The number of halogens is 5. The first kappa shape index (κ1) is 18.5. The minimum atomic E-state index is -2.87. The second-order valence-electron chi connectivity index (χ2n) is 4.54. The van der Waals surface area contributed by atoms with Crippen LogP contribution in [0.2, 0.25) is 15.2 Å². The van der Waals surface area contributed by atoms with Crippen LogP contribution in [0.4, 0.5) is 8.78 Å². The third-order valence-corrected chi connectivity index (χ3v) is 4.03. The van der Waals surface area contributed by atoms with E-state index in [0.29, 0.717) is 4.57 Å². The van der Waals surface area contributed by atoms with Crippen molar-refractivity contribution in [2.24, 2.45) is 0 Å². The number of alkyl halides is 2. The van der Waals surface area contributed by atoms with Crippen molar-refractivity contribution in [2.75, 3.05) is 6.61 Å². The van der Waals surface area contributed by atoms with Gasteiger partial charge in [-0.1, -0.05) is 40.7 Å². The van der Waals surface area contributed by atoms with E-state index in [9.17, 15) is 13.6 Å². The van der Waals surface area contributed by atoms with Crippen molar-refractivity contribution in [1.29, 1.82) is 0 Å². The standard InChI is InChI=1S/C15H9Cl3F2N2O2/c1-3-4-24-14(23)9-5-8(10(16)6-11(9)17)12-13(18)22(15(19)20)7(2)21-12/h1,5-6,15H,4H2,2H3. The summed E-state index contributed by atoms with van der Waals surface area (Å²) in [6, 6.07) is 2.55. The van der Waals surface area contributed by atoms with Gasteiger partial charge in [-0.2, -0.15) is 8.78 Å². The Bertz CT molecular complexity index is 844. The van der Waals surface area contributed by atoms with Crippen molar-refractivity contribution in [3.63, 3.8) is 0 Å². The van der Waals surface area contributed by atoms with Gasteiger partial charge in [0.05, 0.1) is 15.6 Å². The summed E-state index contributed by atoms with van der Waals surface area (Å²) in [5.74, 6) is 1.36. The maximum atomic E-state index is 13.0. The summed E-state index contributed by atoms with van der Waals surface area (Å²) in [6.45, 7) is -1.75. The van der Waals surface area contributed by atoms with E-state index in [1.807, 2.05) is 0 Å². The van der Waals surface area contributed by atoms with E-state index in [1.165, 1.54) is 19.1 Å². The van der Waals surface area contributed by atoms with Gasteiger partial charge in [-0.25, -0.2) is 9.78 Å². The monoisotopic (exact) mass is 392 g/mol. The van der Waals surface area contributed by atoms with Crippen molar-refractivity contribution < 1.29 is 18.3 Å². The molecule has 1 aromatic carbocycles. The van der Waals surface area contributed by atoms with E-state index in [0.717, 1.165) is 0 Å². The summed E-state index contributed by atoms with van der Waals surface area (Å²) < 4.78 is 31.4. The molecular formula is C15H9Cl3F2N2O2. The molecule has 0 N–H and O–H groups in total. The predicted molar refractivity (Wildman–Crippen MR) is 87.8 cm³/mol. The molecule has 24 heavy (non-hydrogen) atoms. The Balaban J connectivity index is 2.58.